The Morgan fingerprint density at radius 2 is 2.16 bits per heavy atom. The minimum Gasteiger partial charge on any atom is -0.283 e. The highest BCUT2D eigenvalue weighted by Gasteiger charge is 2.17. The van der Waals surface area contributed by atoms with Crippen molar-refractivity contribution < 1.29 is 0 Å². The van der Waals surface area contributed by atoms with Crippen molar-refractivity contribution in [1.29, 1.82) is 5.26 Å². The Morgan fingerprint density at radius 3 is 2.84 bits per heavy atom. The van der Waals surface area contributed by atoms with E-state index in [9.17, 15) is 10.1 Å². The van der Waals surface area contributed by atoms with Crippen molar-refractivity contribution >= 4 is 33.3 Å². The van der Waals surface area contributed by atoms with Crippen LogP contribution in [0.2, 0.25) is 0 Å². The number of rotatable bonds is 6. The van der Waals surface area contributed by atoms with Gasteiger partial charge in [-0.25, -0.2) is 4.98 Å². The summed E-state index contributed by atoms with van der Waals surface area (Å²) in [7, 11) is 0. The molecule has 0 aliphatic carbocycles. The van der Waals surface area contributed by atoms with Crippen molar-refractivity contribution in [3.63, 3.8) is 0 Å². The van der Waals surface area contributed by atoms with Crippen LogP contribution in [-0.4, -0.2) is 14.8 Å². The maximum Gasteiger partial charge on any atom is 0.263 e. The molecule has 126 valence electrons. The van der Waals surface area contributed by atoms with Crippen LogP contribution >= 0.6 is 23.1 Å². The number of fused-ring (bicyclic) bond motifs is 1. The summed E-state index contributed by atoms with van der Waals surface area (Å²) in [6, 6.07) is 12.3. The zero-order valence-corrected chi connectivity index (χ0v) is 15.4. The van der Waals surface area contributed by atoms with Crippen molar-refractivity contribution in [1.82, 2.24) is 9.55 Å². The molecule has 0 bridgehead atoms. The smallest absolute Gasteiger partial charge is 0.263 e. The van der Waals surface area contributed by atoms with Crippen LogP contribution in [0.1, 0.15) is 11.1 Å². The minimum atomic E-state index is -0.317. The summed E-state index contributed by atoms with van der Waals surface area (Å²) in [5.74, 6) is 0. The summed E-state index contributed by atoms with van der Waals surface area (Å²) in [5.41, 5.74) is 2.20. The van der Waals surface area contributed by atoms with E-state index in [0.29, 0.717) is 28.3 Å². The lowest BCUT2D eigenvalue weighted by Gasteiger charge is -2.13. The Kier molecular flexibility index (Phi) is 5.37. The Labute approximate surface area is 154 Å². The van der Waals surface area contributed by atoms with Gasteiger partial charge in [0, 0.05) is 6.54 Å². The fourth-order valence-electron chi connectivity index (χ4n) is 2.49. The molecule has 1 atom stereocenters. The largest absolute Gasteiger partial charge is 0.283 e. The molecular formula is C19H17N3OS2. The first-order chi connectivity index (χ1) is 12.1. The first kappa shape index (κ1) is 17.5. The van der Waals surface area contributed by atoms with Crippen molar-refractivity contribution in [2.75, 3.05) is 0 Å². The van der Waals surface area contributed by atoms with Gasteiger partial charge in [0.05, 0.1) is 11.5 Å². The van der Waals surface area contributed by atoms with Crippen molar-refractivity contribution in [2.24, 2.45) is 0 Å². The molecule has 2 aromatic heterocycles. The Bertz CT molecular complexity index is 996. The molecule has 0 radical (unpaired) electrons. The van der Waals surface area contributed by atoms with Crippen LogP contribution in [0.3, 0.4) is 0 Å². The third-order valence-corrected chi connectivity index (χ3v) is 5.68. The second kappa shape index (κ2) is 7.68. The van der Waals surface area contributed by atoms with Crippen LogP contribution in [0.25, 0.3) is 10.2 Å². The molecule has 0 fully saturated rings. The van der Waals surface area contributed by atoms with Crippen LogP contribution < -0.4 is 5.56 Å². The van der Waals surface area contributed by atoms with E-state index < -0.39 is 0 Å². The Hall–Kier alpha value is -2.36. The second-order valence-electron chi connectivity index (χ2n) is 5.66. The average molecular weight is 367 g/mol. The summed E-state index contributed by atoms with van der Waals surface area (Å²) in [4.78, 5) is 18.0. The van der Waals surface area contributed by atoms with E-state index in [-0.39, 0.29) is 10.8 Å². The van der Waals surface area contributed by atoms with E-state index in [1.54, 1.807) is 16.7 Å². The molecule has 2 heterocycles. The lowest BCUT2D eigenvalue weighted by Crippen LogP contribution is -2.23. The predicted molar refractivity (Wildman–Crippen MR) is 104 cm³/mol. The fraction of sp³-hybridized carbons (Fsp3) is 0.211. The number of nitriles is 1. The average Bonchev–Trinajstić information content (AvgIpc) is 3.08. The summed E-state index contributed by atoms with van der Waals surface area (Å²) >= 11 is 2.77. The van der Waals surface area contributed by atoms with Crippen molar-refractivity contribution in [3.05, 3.63) is 69.8 Å². The molecule has 25 heavy (non-hydrogen) atoms. The van der Waals surface area contributed by atoms with E-state index in [0.717, 1.165) is 5.56 Å². The van der Waals surface area contributed by atoms with Gasteiger partial charge >= 0.3 is 0 Å². The number of aryl methyl sites for hydroxylation is 1. The van der Waals surface area contributed by atoms with E-state index >= 15 is 0 Å². The minimum absolute atomic E-state index is 0.0827. The summed E-state index contributed by atoms with van der Waals surface area (Å²) in [6.45, 7) is 6.14. The number of hydrogen-bond acceptors (Lipinski definition) is 5. The monoisotopic (exact) mass is 367 g/mol. The molecule has 0 N–H and O–H groups in total. The molecular weight excluding hydrogens is 350 g/mol. The standard InChI is InChI=1S/C19H17N3OS2/c1-3-9-22-18(23)16-8-10-24-17(16)21-19(22)25-15(12-20)11-14-6-4-13(2)5-7-14/h3-8,10,15H,1,9,11H2,2H3. The van der Waals surface area contributed by atoms with Gasteiger partial charge in [-0.3, -0.25) is 9.36 Å². The molecule has 6 heteroatoms. The summed E-state index contributed by atoms with van der Waals surface area (Å²) in [5, 5.41) is 12.3. The number of hydrogen-bond donors (Lipinski definition) is 0. The predicted octanol–water partition coefficient (Wildman–Crippen LogP) is 4.18. The number of benzene rings is 1. The van der Waals surface area contributed by atoms with Gasteiger partial charge < -0.3 is 0 Å². The molecule has 3 rings (SSSR count). The molecule has 0 amide bonds. The summed E-state index contributed by atoms with van der Waals surface area (Å²) < 4.78 is 1.59. The van der Waals surface area contributed by atoms with E-state index in [4.69, 9.17) is 0 Å². The van der Waals surface area contributed by atoms with Crippen LogP contribution in [0.15, 0.2) is 58.3 Å². The van der Waals surface area contributed by atoms with Crippen LogP contribution in [0, 0.1) is 18.3 Å². The molecule has 4 nitrogen and oxygen atoms in total. The number of thiophene rings is 1. The lowest BCUT2D eigenvalue weighted by atomic mass is 10.1. The van der Waals surface area contributed by atoms with Crippen molar-refractivity contribution in [3.8, 4) is 6.07 Å². The first-order valence-electron chi connectivity index (χ1n) is 7.83. The molecule has 0 aliphatic rings. The molecule has 1 aromatic carbocycles. The van der Waals surface area contributed by atoms with Crippen molar-refractivity contribution in [2.45, 2.75) is 30.3 Å². The van der Waals surface area contributed by atoms with Gasteiger partial charge in [0.15, 0.2) is 5.16 Å². The normalized spacial score (nSPS) is 12.0. The number of allylic oxidation sites excluding steroid dienone is 1. The molecule has 3 aromatic rings. The topological polar surface area (TPSA) is 58.7 Å². The third-order valence-electron chi connectivity index (χ3n) is 3.79. The van der Waals surface area contributed by atoms with E-state index in [2.05, 4.69) is 17.6 Å². The fourth-order valence-corrected chi connectivity index (χ4v) is 4.31. The summed E-state index contributed by atoms with van der Waals surface area (Å²) in [6.07, 6.45) is 2.28. The Balaban J connectivity index is 1.93. The maximum absolute atomic E-state index is 12.7. The maximum atomic E-state index is 12.7. The molecule has 1 unspecified atom stereocenters. The van der Waals surface area contributed by atoms with Gasteiger partial charge in [0.25, 0.3) is 5.56 Å². The highest BCUT2D eigenvalue weighted by molar-refractivity contribution is 8.00. The molecule has 0 saturated heterocycles. The van der Waals surface area contributed by atoms with Gasteiger partial charge in [0.1, 0.15) is 10.1 Å². The number of nitrogens with zero attached hydrogens (tertiary/aromatic N) is 3. The highest BCUT2D eigenvalue weighted by atomic mass is 32.2. The number of aromatic nitrogens is 2. The van der Waals surface area contributed by atoms with Gasteiger partial charge in [-0.05, 0) is 30.4 Å². The van der Waals surface area contributed by atoms with Gasteiger partial charge in [0.2, 0.25) is 0 Å². The quantitative estimate of drug-likeness (QED) is 0.372. The van der Waals surface area contributed by atoms with Crippen LogP contribution in [0.5, 0.6) is 0 Å². The van der Waals surface area contributed by atoms with E-state index in [1.165, 1.54) is 28.7 Å². The molecule has 0 spiro atoms. The Morgan fingerprint density at radius 1 is 1.40 bits per heavy atom. The van der Waals surface area contributed by atoms with E-state index in [1.807, 2.05) is 36.6 Å². The third kappa shape index (κ3) is 3.84. The van der Waals surface area contributed by atoms with Crippen LogP contribution in [0.4, 0.5) is 0 Å². The van der Waals surface area contributed by atoms with Gasteiger partial charge in [-0.1, -0.05) is 47.7 Å². The number of thioether (sulfide) groups is 1. The van der Waals surface area contributed by atoms with Gasteiger partial charge in [-0.2, -0.15) is 5.26 Å². The first-order valence-corrected chi connectivity index (χ1v) is 9.59. The molecule has 0 aliphatic heterocycles. The zero-order chi connectivity index (χ0) is 17.8. The molecule has 0 saturated carbocycles. The SMILES string of the molecule is C=CCn1c(SC(C#N)Cc2ccc(C)cc2)nc2sccc2c1=O. The van der Waals surface area contributed by atoms with Gasteiger partial charge in [-0.15, -0.1) is 17.9 Å². The zero-order valence-electron chi connectivity index (χ0n) is 13.8. The second-order valence-corrected chi connectivity index (χ2v) is 7.73. The lowest BCUT2D eigenvalue weighted by molar-refractivity contribution is 0.671. The highest BCUT2D eigenvalue weighted by Crippen LogP contribution is 2.26. The van der Waals surface area contributed by atoms with Crippen LogP contribution in [-0.2, 0) is 13.0 Å².